The number of aromatic hydroxyl groups is 2. The highest BCUT2D eigenvalue weighted by Crippen LogP contribution is 2.35. The average Bonchev–Trinajstić information content (AvgIpc) is 3.45. The normalized spacial score (nSPS) is 11.5. The Morgan fingerprint density at radius 3 is 1.43 bits per heavy atom. The van der Waals surface area contributed by atoms with Gasteiger partial charge >= 0.3 is 0 Å². The monoisotopic (exact) mass is 772 g/mol. The highest BCUT2D eigenvalue weighted by molar-refractivity contribution is 6.21. The van der Waals surface area contributed by atoms with Crippen molar-refractivity contribution >= 4 is 11.8 Å². The van der Waals surface area contributed by atoms with Crippen molar-refractivity contribution in [1.82, 2.24) is 4.90 Å². The van der Waals surface area contributed by atoms with Crippen LogP contribution in [0.15, 0.2) is 97.1 Å². The van der Waals surface area contributed by atoms with Crippen LogP contribution < -0.4 is 36.4 Å². The molecule has 1 heterocycles. The molecular weight excluding hydrogens is 726 g/mol. The van der Waals surface area contributed by atoms with Gasteiger partial charge in [-0.05, 0) is 104 Å². The standard InChI is InChI=1S/C25H22FNO5.C17H20FNO3.H4N2/c1-2-16-8-10-23(21(28)14-16)32-22-11-9-17(15-20(22)26)31-13-5-12-27-24(29)18-6-3-4-7-19(18)25(27)30;1-2-12-4-6-17(15(20)10-12)22-16-7-5-13(11-14(16)18)21-9-3-8-19;1-2/h3-4,6-11,14-15,28H,2,5,12-13H2,1H3;4-7,10-11,20H,2-3,8-9,19H2,1H3;1-2H2. The van der Waals surface area contributed by atoms with Gasteiger partial charge in [0.25, 0.3) is 11.8 Å². The number of hydrogen-bond acceptors (Lipinski definition) is 11. The fraction of sp³-hybridized carbons (Fsp3) is 0.238. The highest BCUT2D eigenvalue weighted by Gasteiger charge is 2.34. The maximum absolute atomic E-state index is 14.4. The number of hydrogen-bond donors (Lipinski definition) is 5. The summed E-state index contributed by atoms with van der Waals surface area (Å²) in [6.07, 6.45) is 2.68. The second-order valence-corrected chi connectivity index (χ2v) is 12.2. The number of aryl methyl sites for hydroxylation is 2. The van der Waals surface area contributed by atoms with Crippen LogP contribution in [-0.2, 0) is 12.8 Å². The van der Waals surface area contributed by atoms with Crippen molar-refractivity contribution in [3.8, 4) is 46.0 Å². The molecule has 56 heavy (non-hydrogen) atoms. The molecular formula is C42H46F2N4O8. The maximum Gasteiger partial charge on any atom is 0.261 e. The fourth-order valence-corrected chi connectivity index (χ4v) is 5.41. The molecule has 0 aromatic heterocycles. The lowest BCUT2D eigenvalue weighted by Crippen LogP contribution is -2.31. The molecule has 0 saturated carbocycles. The number of imide groups is 1. The van der Waals surface area contributed by atoms with E-state index in [0.717, 1.165) is 24.0 Å². The smallest absolute Gasteiger partial charge is 0.261 e. The van der Waals surface area contributed by atoms with Crippen molar-refractivity contribution in [3.63, 3.8) is 0 Å². The first-order valence-electron chi connectivity index (χ1n) is 17.9. The zero-order chi connectivity index (χ0) is 40.6. The summed E-state index contributed by atoms with van der Waals surface area (Å²) in [7, 11) is 0. The Balaban J connectivity index is 0.000000254. The van der Waals surface area contributed by atoms with E-state index in [1.54, 1.807) is 66.7 Å². The number of phenolic OH excluding ortho intramolecular Hbond substituents is 2. The first-order valence-corrected chi connectivity index (χ1v) is 17.9. The third kappa shape index (κ3) is 11.2. The molecule has 1 aliphatic rings. The number of rotatable bonds is 15. The summed E-state index contributed by atoms with van der Waals surface area (Å²) in [4.78, 5) is 25.9. The van der Waals surface area contributed by atoms with E-state index in [9.17, 15) is 28.6 Å². The first-order chi connectivity index (χ1) is 27.1. The van der Waals surface area contributed by atoms with E-state index >= 15 is 0 Å². The number of nitrogens with two attached hydrogens (primary N) is 3. The van der Waals surface area contributed by atoms with E-state index in [0.29, 0.717) is 48.6 Å². The van der Waals surface area contributed by atoms with Crippen LogP contribution in [0.1, 0.15) is 58.5 Å². The third-order valence-corrected chi connectivity index (χ3v) is 8.40. The Labute approximate surface area is 323 Å². The second-order valence-electron chi connectivity index (χ2n) is 12.2. The van der Waals surface area contributed by atoms with Gasteiger partial charge in [0.15, 0.2) is 46.1 Å². The number of ether oxygens (including phenoxy) is 4. The molecule has 14 heteroatoms. The molecule has 8 N–H and O–H groups in total. The molecule has 0 atom stereocenters. The van der Waals surface area contributed by atoms with E-state index in [1.165, 1.54) is 29.2 Å². The van der Waals surface area contributed by atoms with Crippen LogP contribution in [0, 0.1) is 11.6 Å². The number of carbonyl (C=O) groups is 2. The molecule has 5 aromatic rings. The summed E-state index contributed by atoms with van der Waals surface area (Å²) in [5.41, 5.74) is 8.11. The van der Waals surface area contributed by atoms with E-state index < -0.39 is 11.6 Å². The van der Waals surface area contributed by atoms with Gasteiger partial charge in [-0.15, -0.1) is 0 Å². The summed E-state index contributed by atoms with van der Waals surface area (Å²) in [5.74, 6) is 7.20. The molecule has 2 amide bonds. The summed E-state index contributed by atoms with van der Waals surface area (Å²) >= 11 is 0. The van der Waals surface area contributed by atoms with Crippen molar-refractivity contribution in [2.24, 2.45) is 17.4 Å². The minimum absolute atomic E-state index is 0.0120. The minimum atomic E-state index is -0.637. The van der Waals surface area contributed by atoms with Crippen LogP contribution in [0.25, 0.3) is 0 Å². The van der Waals surface area contributed by atoms with Crippen molar-refractivity contribution < 1.29 is 47.5 Å². The van der Waals surface area contributed by atoms with Gasteiger partial charge < -0.3 is 34.9 Å². The largest absolute Gasteiger partial charge is 0.504 e. The van der Waals surface area contributed by atoms with Gasteiger partial charge in [-0.1, -0.05) is 38.1 Å². The van der Waals surface area contributed by atoms with Gasteiger partial charge in [0.1, 0.15) is 11.5 Å². The predicted molar refractivity (Wildman–Crippen MR) is 207 cm³/mol. The van der Waals surface area contributed by atoms with Crippen LogP contribution in [0.3, 0.4) is 0 Å². The third-order valence-electron chi connectivity index (χ3n) is 8.40. The number of halogens is 2. The number of carbonyl (C=O) groups excluding carboxylic acids is 2. The van der Waals surface area contributed by atoms with E-state index in [4.69, 9.17) is 24.7 Å². The molecule has 0 radical (unpaired) electrons. The zero-order valence-electron chi connectivity index (χ0n) is 31.2. The summed E-state index contributed by atoms with van der Waals surface area (Å²) < 4.78 is 50.3. The van der Waals surface area contributed by atoms with E-state index in [-0.39, 0.29) is 59.5 Å². The lowest BCUT2D eigenvalue weighted by Gasteiger charge is -2.14. The first kappa shape index (κ1) is 42.5. The fourth-order valence-electron chi connectivity index (χ4n) is 5.41. The van der Waals surface area contributed by atoms with E-state index in [1.807, 2.05) is 19.9 Å². The number of nitrogens with zero attached hydrogens (tertiary/aromatic N) is 1. The average molecular weight is 773 g/mol. The van der Waals surface area contributed by atoms with E-state index in [2.05, 4.69) is 11.7 Å². The highest BCUT2D eigenvalue weighted by atomic mass is 19.1. The Morgan fingerprint density at radius 2 is 1.04 bits per heavy atom. The van der Waals surface area contributed by atoms with Crippen LogP contribution in [0.5, 0.6) is 46.0 Å². The zero-order valence-corrected chi connectivity index (χ0v) is 31.2. The van der Waals surface area contributed by atoms with Crippen LogP contribution >= 0.6 is 0 Å². The summed E-state index contributed by atoms with van der Waals surface area (Å²) in [6.45, 7) is 5.33. The van der Waals surface area contributed by atoms with Crippen molar-refractivity contribution in [1.29, 1.82) is 0 Å². The Bertz CT molecular complexity index is 2060. The quantitative estimate of drug-likeness (QED) is 0.0309. The van der Waals surface area contributed by atoms with Gasteiger partial charge in [0.2, 0.25) is 0 Å². The molecule has 0 bridgehead atoms. The molecule has 296 valence electrons. The summed E-state index contributed by atoms with van der Waals surface area (Å²) in [5, 5.41) is 19.9. The van der Waals surface area contributed by atoms with Crippen molar-refractivity contribution in [3.05, 3.63) is 131 Å². The van der Waals surface area contributed by atoms with Gasteiger partial charge in [-0.3, -0.25) is 26.2 Å². The van der Waals surface area contributed by atoms with Crippen LogP contribution in [0.2, 0.25) is 0 Å². The molecule has 5 aromatic carbocycles. The van der Waals surface area contributed by atoms with Gasteiger partial charge in [-0.2, -0.15) is 0 Å². The van der Waals surface area contributed by atoms with Crippen LogP contribution in [-0.4, -0.2) is 53.2 Å². The van der Waals surface area contributed by atoms with Gasteiger partial charge in [-0.25, -0.2) is 8.78 Å². The van der Waals surface area contributed by atoms with Gasteiger partial charge in [0, 0.05) is 18.7 Å². The van der Waals surface area contributed by atoms with Crippen molar-refractivity contribution in [2.45, 2.75) is 39.5 Å². The summed E-state index contributed by atoms with van der Waals surface area (Å²) in [6, 6.07) is 25.3. The molecule has 6 rings (SSSR count). The topological polar surface area (TPSA) is 193 Å². The van der Waals surface area contributed by atoms with Gasteiger partial charge in [0.05, 0.1) is 24.3 Å². The molecule has 0 aliphatic carbocycles. The number of fused-ring (bicyclic) bond motifs is 1. The molecule has 1 aliphatic heterocycles. The van der Waals surface area contributed by atoms with Crippen LogP contribution in [0.4, 0.5) is 8.78 Å². The molecule has 0 spiro atoms. The molecule has 0 saturated heterocycles. The number of hydrazine groups is 1. The lowest BCUT2D eigenvalue weighted by molar-refractivity contribution is 0.0646. The Kier molecular flexibility index (Phi) is 16.0. The second kappa shape index (κ2) is 21.0. The Morgan fingerprint density at radius 1 is 0.607 bits per heavy atom. The predicted octanol–water partition coefficient (Wildman–Crippen LogP) is 7.38. The molecule has 0 unspecified atom stereocenters. The molecule has 0 fully saturated rings. The number of phenols is 2. The lowest BCUT2D eigenvalue weighted by atomic mass is 10.1. The number of benzene rings is 5. The minimum Gasteiger partial charge on any atom is -0.504 e. The Hall–Kier alpha value is -6.22. The van der Waals surface area contributed by atoms with Crippen molar-refractivity contribution in [2.75, 3.05) is 26.3 Å². The number of amides is 2. The SMILES string of the molecule is CCc1ccc(Oc2ccc(OCCCN)cc2F)c(O)c1.CCc1ccc(Oc2ccc(OCCCN3C(=O)c4ccccc4C3=O)cc2F)c(O)c1.NN. The maximum atomic E-state index is 14.4. The molecule has 12 nitrogen and oxygen atoms in total.